The molecule has 2 aromatic heterocycles. The Morgan fingerprint density at radius 2 is 2.05 bits per heavy atom. The summed E-state index contributed by atoms with van der Waals surface area (Å²) in [6.07, 6.45) is -3.21. The second kappa shape index (κ2) is 6.35. The summed E-state index contributed by atoms with van der Waals surface area (Å²) < 4.78 is 6.64. The molecule has 0 spiro atoms. The third kappa shape index (κ3) is 2.54. The monoisotopic (exact) mass is 319 g/mol. The van der Waals surface area contributed by atoms with Gasteiger partial charge in [-0.25, -0.2) is 4.98 Å². The van der Waals surface area contributed by atoms with Gasteiger partial charge in [0.1, 0.15) is 18.3 Å². The van der Waals surface area contributed by atoms with E-state index in [2.05, 4.69) is 15.0 Å². The van der Waals surface area contributed by atoms with E-state index in [1.165, 1.54) is 10.9 Å². The molecule has 10 N–H and O–H groups in total. The Balaban J connectivity index is 0.00000121. The van der Waals surface area contributed by atoms with Gasteiger partial charge in [0, 0.05) is 0 Å². The molecule has 12 heteroatoms. The van der Waals surface area contributed by atoms with Crippen LogP contribution >= 0.6 is 0 Å². The van der Waals surface area contributed by atoms with Gasteiger partial charge in [0.25, 0.3) is 5.56 Å². The molecule has 1 aliphatic heterocycles. The summed E-state index contributed by atoms with van der Waals surface area (Å²) >= 11 is 0. The van der Waals surface area contributed by atoms with Crippen LogP contribution in [0.25, 0.3) is 11.2 Å². The molecule has 1 aliphatic rings. The normalized spacial score (nSPS) is 27.4. The van der Waals surface area contributed by atoms with Gasteiger partial charge in [-0.3, -0.25) is 14.3 Å². The number of aromatic nitrogens is 4. The number of H-pyrrole nitrogens is 1. The Bertz CT molecular complexity index is 701. The van der Waals surface area contributed by atoms with Gasteiger partial charge >= 0.3 is 0 Å². The van der Waals surface area contributed by atoms with E-state index in [9.17, 15) is 15.0 Å². The van der Waals surface area contributed by atoms with Crippen LogP contribution in [0.5, 0.6) is 0 Å². The van der Waals surface area contributed by atoms with Crippen LogP contribution in [-0.2, 0) is 4.74 Å². The molecule has 2 aromatic rings. The first-order chi connectivity index (χ1) is 9.52. The van der Waals surface area contributed by atoms with Crippen molar-refractivity contribution in [2.75, 3.05) is 12.3 Å². The highest BCUT2D eigenvalue weighted by molar-refractivity contribution is 5.70. The Labute approximate surface area is 122 Å². The molecule has 0 bridgehead atoms. The van der Waals surface area contributed by atoms with E-state index in [-0.39, 0.29) is 28.1 Å². The van der Waals surface area contributed by atoms with Gasteiger partial charge in [-0.2, -0.15) is 4.98 Å². The van der Waals surface area contributed by atoms with E-state index >= 15 is 0 Å². The van der Waals surface area contributed by atoms with E-state index in [0.29, 0.717) is 0 Å². The Kier molecular flexibility index (Phi) is 5.18. The predicted octanol–water partition coefficient (Wildman–Crippen LogP) is -4.34. The lowest BCUT2D eigenvalue weighted by Crippen LogP contribution is -2.33. The van der Waals surface area contributed by atoms with Crippen LogP contribution in [0, 0.1) is 0 Å². The molecule has 4 atom stereocenters. The number of nitrogen functional groups attached to an aromatic ring is 1. The number of hydrogen-bond acceptors (Lipinski definition) is 8. The van der Waals surface area contributed by atoms with E-state index < -0.39 is 36.7 Å². The maximum Gasteiger partial charge on any atom is 0.280 e. The first-order valence-electron chi connectivity index (χ1n) is 5.87. The van der Waals surface area contributed by atoms with Crippen LogP contribution in [0.3, 0.4) is 0 Å². The largest absolute Gasteiger partial charge is 0.412 e. The fourth-order valence-corrected chi connectivity index (χ4v) is 2.24. The minimum absolute atomic E-state index is 0. The molecule has 22 heavy (non-hydrogen) atoms. The second-order valence-electron chi connectivity index (χ2n) is 4.50. The minimum atomic E-state index is -1.29. The van der Waals surface area contributed by atoms with E-state index in [0.717, 1.165) is 0 Å². The van der Waals surface area contributed by atoms with Crippen molar-refractivity contribution in [3.63, 3.8) is 0 Å². The number of hydrogen-bond donors (Lipinski definition) is 5. The lowest BCUT2D eigenvalue weighted by molar-refractivity contribution is -0.0511. The van der Waals surface area contributed by atoms with Crippen LogP contribution in [-0.4, -0.2) is 70.7 Å². The van der Waals surface area contributed by atoms with Crippen molar-refractivity contribution in [1.29, 1.82) is 0 Å². The molecule has 0 aromatic carbocycles. The third-order valence-corrected chi connectivity index (χ3v) is 3.24. The Morgan fingerprint density at radius 1 is 1.36 bits per heavy atom. The third-order valence-electron chi connectivity index (χ3n) is 3.24. The number of imidazole rings is 1. The molecule has 124 valence electrons. The average Bonchev–Trinajstić information content (AvgIpc) is 2.93. The van der Waals surface area contributed by atoms with Crippen molar-refractivity contribution in [2.45, 2.75) is 24.5 Å². The number of aliphatic hydroxyl groups is 3. The fraction of sp³-hybridized carbons (Fsp3) is 0.500. The van der Waals surface area contributed by atoms with Crippen LogP contribution in [0.1, 0.15) is 6.23 Å². The van der Waals surface area contributed by atoms with Crippen LogP contribution in [0.4, 0.5) is 5.95 Å². The van der Waals surface area contributed by atoms with Crippen LogP contribution < -0.4 is 11.3 Å². The minimum Gasteiger partial charge on any atom is -0.412 e. The van der Waals surface area contributed by atoms with Gasteiger partial charge in [0.15, 0.2) is 17.4 Å². The molecule has 1 fully saturated rings. The number of aliphatic hydroxyl groups excluding tert-OH is 3. The lowest BCUT2D eigenvalue weighted by Gasteiger charge is -2.16. The summed E-state index contributed by atoms with van der Waals surface area (Å²) in [5.41, 5.74) is 5.12. The maximum atomic E-state index is 11.7. The van der Waals surface area contributed by atoms with Crippen molar-refractivity contribution in [2.24, 2.45) is 0 Å². The topological polar surface area (TPSA) is 223 Å². The van der Waals surface area contributed by atoms with Crippen LogP contribution in [0.15, 0.2) is 11.1 Å². The highest BCUT2D eigenvalue weighted by atomic mass is 16.6. The SMILES string of the molecule is Nc1nc2c(ncn2[C@@H]2O[C@H](CO)C(O)C2O)c(=O)[nH]1.O.O. The smallest absolute Gasteiger partial charge is 0.280 e. The number of nitrogens with one attached hydrogen (secondary N) is 1. The van der Waals surface area contributed by atoms with Crippen molar-refractivity contribution < 1.29 is 31.0 Å². The molecule has 0 aliphatic carbocycles. The van der Waals surface area contributed by atoms with Gasteiger partial charge < -0.3 is 36.7 Å². The highest BCUT2D eigenvalue weighted by Gasteiger charge is 2.44. The highest BCUT2D eigenvalue weighted by Crippen LogP contribution is 2.30. The number of aromatic amines is 1. The van der Waals surface area contributed by atoms with Crippen molar-refractivity contribution in [3.8, 4) is 0 Å². The maximum absolute atomic E-state index is 11.7. The lowest BCUT2D eigenvalue weighted by atomic mass is 10.1. The molecule has 12 nitrogen and oxygen atoms in total. The summed E-state index contributed by atoms with van der Waals surface area (Å²) in [7, 11) is 0. The molecule has 0 saturated carbocycles. The molecule has 3 heterocycles. The summed E-state index contributed by atoms with van der Waals surface area (Å²) in [5.74, 6) is -0.101. The molecule has 1 saturated heterocycles. The number of rotatable bonds is 2. The number of anilines is 1. The van der Waals surface area contributed by atoms with Gasteiger partial charge in [-0.15, -0.1) is 0 Å². The standard InChI is InChI=1S/C10H13N5O5.2H2O/c11-10-13-7-4(8(19)14-10)12-2-15(7)9-6(18)5(17)3(1-16)20-9;;/h2-3,5-6,9,16-18H,1H2,(H3,11,13,14,19);2*1H2/t3-,5?,6?,9-;;/m1../s1. The quantitative estimate of drug-likeness (QED) is 0.363. The van der Waals surface area contributed by atoms with Crippen LogP contribution in [0.2, 0.25) is 0 Å². The Hall–Kier alpha value is -2.09. The fourth-order valence-electron chi connectivity index (χ4n) is 2.24. The predicted molar refractivity (Wildman–Crippen MR) is 72.8 cm³/mol. The molecular formula is C10H17N5O7. The first-order valence-corrected chi connectivity index (χ1v) is 5.87. The van der Waals surface area contributed by atoms with E-state index in [4.69, 9.17) is 15.6 Å². The second-order valence-corrected chi connectivity index (χ2v) is 4.50. The van der Waals surface area contributed by atoms with Crippen molar-refractivity contribution in [1.82, 2.24) is 19.5 Å². The van der Waals surface area contributed by atoms with Gasteiger partial charge in [0.2, 0.25) is 5.95 Å². The molecule has 3 rings (SSSR count). The van der Waals surface area contributed by atoms with Crippen molar-refractivity contribution >= 4 is 17.1 Å². The summed E-state index contributed by atoms with van der Waals surface area (Å²) in [6.45, 7) is -0.447. The van der Waals surface area contributed by atoms with Gasteiger partial charge in [-0.05, 0) is 0 Å². The molecule has 2 unspecified atom stereocenters. The van der Waals surface area contributed by atoms with Gasteiger partial charge in [0.05, 0.1) is 12.9 Å². The zero-order chi connectivity index (χ0) is 14.4. The molecule has 0 radical (unpaired) electrons. The van der Waals surface area contributed by atoms with Gasteiger partial charge in [-0.1, -0.05) is 0 Å². The Morgan fingerprint density at radius 3 is 2.64 bits per heavy atom. The average molecular weight is 319 g/mol. The number of nitrogens with two attached hydrogens (primary N) is 1. The summed E-state index contributed by atoms with van der Waals surface area (Å²) in [4.78, 5) is 21.8. The molecule has 0 amide bonds. The summed E-state index contributed by atoms with van der Waals surface area (Å²) in [6, 6.07) is 0. The van der Waals surface area contributed by atoms with E-state index in [1.54, 1.807) is 0 Å². The summed E-state index contributed by atoms with van der Waals surface area (Å²) in [5, 5.41) is 28.7. The number of nitrogens with zero attached hydrogens (tertiary/aromatic N) is 3. The van der Waals surface area contributed by atoms with E-state index in [1.807, 2.05) is 0 Å². The first kappa shape index (κ1) is 18.0. The zero-order valence-electron chi connectivity index (χ0n) is 11.2. The molecular weight excluding hydrogens is 302 g/mol. The number of fused-ring (bicyclic) bond motifs is 1. The zero-order valence-corrected chi connectivity index (χ0v) is 11.2. The number of ether oxygens (including phenoxy) is 1. The van der Waals surface area contributed by atoms with Crippen molar-refractivity contribution in [3.05, 3.63) is 16.7 Å².